The van der Waals surface area contributed by atoms with Crippen molar-refractivity contribution in [2.45, 2.75) is 19.2 Å². The van der Waals surface area contributed by atoms with Crippen LogP contribution in [0.25, 0.3) is 0 Å². The zero-order chi connectivity index (χ0) is 16.5. The molecule has 1 N–H and O–H groups in total. The lowest BCUT2D eigenvalue weighted by atomic mass is 10.2. The molecule has 0 aliphatic heterocycles. The lowest BCUT2D eigenvalue weighted by Crippen LogP contribution is -2.24. The van der Waals surface area contributed by atoms with Crippen molar-refractivity contribution in [3.8, 4) is 5.75 Å². The Kier molecular flexibility index (Phi) is 7.30. The van der Waals surface area contributed by atoms with Gasteiger partial charge in [0.05, 0.1) is 12.4 Å². The second kappa shape index (κ2) is 9.48. The summed E-state index contributed by atoms with van der Waals surface area (Å²) in [6.45, 7) is 3.10. The van der Waals surface area contributed by atoms with E-state index in [0.717, 1.165) is 22.6 Å². The predicted molar refractivity (Wildman–Crippen MR) is 97.1 cm³/mol. The highest BCUT2D eigenvalue weighted by atomic mass is 35.5. The van der Waals surface area contributed by atoms with Gasteiger partial charge in [-0.1, -0.05) is 41.9 Å². The van der Waals surface area contributed by atoms with Crippen LogP contribution in [-0.2, 0) is 17.1 Å². The molecule has 5 heteroatoms. The van der Waals surface area contributed by atoms with E-state index in [1.54, 1.807) is 11.8 Å². The van der Waals surface area contributed by atoms with Crippen LogP contribution in [0, 0.1) is 0 Å². The van der Waals surface area contributed by atoms with Crippen molar-refractivity contribution in [2.75, 3.05) is 12.4 Å². The molecular formula is C18H20ClNO2S. The van der Waals surface area contributed by atoms with Gasteiger partial charge < -0.3 is 10.1 Å². The number of carbonyl (C=O) groups excluding carboxylic acids is 1. The van der Waals surface area contributed by atoms with E-state index in [1.807, 2.05) is 55.5 Å². The smallest absolute Gasteiger partial charge is 0.230 e. The van der Waals surface area contributed by atoms with Crippen LogP contribution in [0.1, 0.15) is 18.1 Å². The van der Waals surface area contributed by atoms with Crippen molar-refractivity contribution < 1.29 is 9.53 Å². The number of benzene rings is 2. The van der Waals surface area contributed by atoms with Gasteiger partial charge in [-0.05, 0) is 30.7 Å². The molecule has 0 saturated carbocycles. The summed E-state index contributed by atoms with van der Waals surface area (Å²) >= 11 is 7.50. The number of amides is 1. The number of rotatable bonds is 8. The van der Waals surface area contributed by atoms with Crippen molar-refractivity contribution in [2.24, 2.45) is 0 Å². The lowest BCUT2D eigenvalue weighted by molar-refractivity contribution is -0.118. The fraction of sp³-hybridized carbons (Fsp3) is 0.278. The summed E-state index contributed by atoms with van der Waals surface area (Å²) in [6.07, 6.45) is 0. The summed E-state index contributed by atoms with van der Waals surface area (Å²) in [5.41, 5.74) is 2.11. The molecule has 2 rings (SSSR count). The molecule has 0 heterocycles. The van der Waals surface area contributed by atoms with Gasteiger partial charge in [0.25, 0.3) is 0 Å². The van der Waals surface area contributed by atoms with E-state index >= 15 is 0 Å². The summed E-state index contributed by atoms with van der Waals surface area (Å²) in [7, 11) is 0. The second-order valence-electron chi connectivity index (χ2n) is 4.94. The van der Waals surface area contributed by atoms with Crippen LogP contribution in [-0.4, -0.2) is 18.3 Å². The maximum atomic E-state index is 11.9. The van der Waals surface area contributed by atoms with Gasteiger partial charge in [0, 0.05) is 22.9 Å². The van der Waals surface area contributed by atoms with Crippen molar-refractivity contribution in [3.63, 3.8) is 0 Å². The first-order chi connectivity index (χ1) is 11.2. The van der Waals surface area contributed by atoms with Crippen LogP contribution in [0.5, 0.6) is 5.75 Å². The van der Waals surface area contributed by atoms with Gasteiger partial charge in [0.1, 0.15) is 5.75 Å². The van der Waals surface area contributed by atoms with Gasteiger partial charge in [-0.2, -0.15) is 0 Å². The highest BCUT2D eigenvalue weighted by Gasteiger charge is 2.06. The summed E-state index contributed by atoms with van der Waals surface area (Å²) in [5, 5.41) is 3.58. The Labute approximate surface area is 146 Å². The van der Waals surface area contributed by atoms with Crippen molar-refractivity contribution in [1.82, 2.24) is 5.32 Å². The molecule has 0 radical (unpaired) electrons. The number of thioether (sulfide) groups is 1. The number of halogens is 1. The summed E-state index contributed by atoms with van der Waals surface area (Å²) in [5.74, 6) is 2.08. The van der Waals surface area contributed by atoms with E-state index in [2.05, 4.69) is 5.32 Å². The van der Waals surface area contributed by atoms with Crippen molar-refractivity contribution >= 4 is 29.3 Å². The Bertz CT molecular complexity index is 648. The maximum absolute atomic E-state index is 11.9. The molecular weight excluding hydrogens is 330 g/mol. The molecule has 23 heavy (non-hydrogen) atoms. The number of nitrogens with one attached hydrogen (secondary N) is 1. The molecule has 2 aromatic rings. The van der Waals surface area contributed by atoms with Crippen LogP contribution in [0.15, 0.2) is 48.5 Å². The number of para-hydroxylation sites is 1. The fourth-order valence-electron chi connectivity index (χ4n) is 2.07. The molecule has 0 fully saturated rings. The van der Waals surface area contributed by atoms with Crippen LogP contribution < -0.4 is 10.1 Å². The SMILES string of the molecule is CCOc1ccccc1CSCC(=O)NCc1cccc(Cl)c1. The molecule has 0 saturated heterocycles. The molecule has 1 amide bonds. The quantitative estimate of drug-likeness (QED) is 0.772. The van der Waals surface area contributed by atoms with Gasteiger partial charge in [-0.3, -0.25) is 4.79 Å². The van der Waals surface area contributed by atoms with Crippen molar-refractivity contribution in [1.29, 1.82) is 0 Å². The minimum atomic E-state index is 0.0175. The Morgan fingerprint density at radius 2 is 2.04 bits per heavy atom. The minimum Gasteiger partial charge on any atom is -0.494 e. The van der Waals surface area contributed by atoms with Crippen LogP contribution in [0.2, 0.25) is 5.02 Å². The minimum absolute atomic E-state index is 0.0175. The van der Waals surface area contributed by atoms with Crippen LogP contribution in [0.3, 0.4) is 0 Å². The summed E-state index contributed by atoms with van der Waals surface area (Å²) in [4.78, 5) is 11.9. The van der Waals surface area contributed by atoms with Gasteiger partial charge in [-0.25, -0.2) is 0 Å². The van der Waals surface area contributed by atoms with E-state index in [4.69, 9.17) is 16.3 Å². The molecule has 3 nitrogen and oxygen atoms in total. The predicted octanol–water partition coefficient (Wildman–Crippen LogP) is 4.29. The second-order valence-corrected chi connectivity index (χ2v) is 6.36. The average Bonchev–Trinajstić information content (AvgIpc) is 2.55. The van der Waals surface area contributed by atoms with Crippen LogP contribution >= 0.6 is 23.4 Å². The molecule has 0 aliphatic rings. The third kappa shape index (κ3) is 6.16. The number of ether oxygens (including phenoxy) is 1. The molecule has 2 aromatic carbocycles. The fourth-order valence-corrected chi connectivity index (χ4v) is 3.13. The average molecular weight is 350 g/mol. The van der Waals surface area contributed by atoms with Crippen molar-refractivity contribution in [3.05, 3.63) is 64.7 Å². The first kappa shape index (κ1) is 17.7. The zero-order valence-electron chi connectivity index (χ0n) is 13.0. The molecule has 0 atom stereocenters. The Morgan fingerprint density at radius 1 is 1.22 bits per heavy atom. The molecule has 0 aliphatic carbocycles. The molecule has 122 valence electrons. The van der Waals surface area contributed by atoms with Gasteiger partial charge in [0.15, 0.2) is 0 Å². The Hall–Kier alpha value is -1.65. The van der Waals surface area contributed by atoms with E-state index in [9.17, 15) is 4.79 Å². The summed E-state index contributed by atoms with van der Waals surface area (Å²) < 4.78 is 5.58. The molecule has 0 spiro atoms. The summed E-state index contributed by atoms with van der Waals surface area (Å²) in [6, 6.07) is 15.4. The Balaban J connectivity index is 1.75. The monoisotopic (exact) mass is 349 g/mol. The topological polar surface area (TPSA) is 38.3 Å². The third-order valence-electron chi connectivity index (χ3n) is 3.14. The number of carbonyl (C=O) groups is 1. The molecule has 0 bridgehead atoms. The normalized spacial score (nSPS) is 10.3. The largest absolute Gasteiger partial charge is 0.494 e. The molecule has 0 unspecified atom stereocenters. The number of hydrogen-bond donors (Lipinski definition) is 1. The number of hydrogen-bond acceptors (Lipinski definition) is 3. The highest BCUT2D eigenvalue weighted by molar-refractivity contribution is 7.99. The van der Waals surface area contributed by atoms with Gasteiger partial charge in [-0.15, -0.1) is 11.8 Å². The first-order valence-corrected chi connectivity index (χ1v) is 9.02. The first-order valence-electron chi connectivity index (χ1n) is 7.48. The van der Waals surface area contributed by atoms with Gasteiger partial charge in [0.2, 0.25) is 5.91 Å². The van der Waals surface area contributed by atoms with E-state index in [1.165, 1.54) is 0 Å². The van der Waals surface area contributed by atoms with E-state index in [-0.39, 0.29) is 5.91 Å². The zero-order valence-corrected chi connectivity index (χ0v) is 14.6. The van der Waals surface area contributed by atoms with E-state index < -0.39 is 0 Å². The maximum Gasteiger partial charge on any atom is 0.230 e. The van der Waals surface area contributed by atoms with Crippen LogP contribution in [0.4, 0.5) is 0 Å². The highest BCUT2D eigenvalue weighted by Crippen LogP contribution is 2.23. The standard InChI is InChI=1S/C18H20ClNO2S/c1-2-22-17-9-4-3-7-15(17)12-23-13-18(21)20-11-14-6-5-8-16(19)10-14/h3-10H,2,11-13H2,1H3,(H,20,21). The lowest BCUT2D eigenvalue weighted by Gasteiger charge is -2.10. The third-order valence-corrected chi connectivity index (χ3v) is 4.36. The van der Waals surface area contributed by atoms with E-state index in [0.29, 0.717) is 23.9 Å². The Morgan fingerprint density at radius 3 is 2.83 bits per heavy atom. The molecule has 0 aromatic heterocycles. The van der Waals surface area contributed by atoms with Gasteiger partial charge >= 0.3 is 0 Å².